The fourth-order valence-corrected chi connectivity index (χ4v) is 1.30. The lowest BCUT2D eigenvalue weighted by atomic mass is 10.2. The standard InChI is InChI=1S/C8H12Cl2N4/c1-2-5(4-11)12-6-3-7(9)13-14-8(6)10/h3,5H,2,4,11H2,1H3,(H,12,13). The number of halogens is 2. The Kier molecular flexibility index (Phi) is 4.38. The van der Waals surface area contributed by atoms with Crippen molar-refractivity contribution in [2.45, 2.75) is 19.4 Å². The molecule has 0 spiro atoms. The summed E-state index contributed by atoms with van der Waals surface area (Å²) >= 11 is 11.5. The van der Waals surface area contributed by atoms with Gasteiger partial charge in [-0.05, 0) is 6.42 Å². The van der Waals surface area contributed by atoms with Crippen LogP contribution < -0.4 is 11.1 Å². The number of anilines is 1. The van der Waals surface area contributed by atoms with E-state index in [1.54, 1.807) is 6.07 Å². The highest BCUT2D eigenvalue weighted by Gasteiger charge is 2.08. The highest BCUT2D eigenvalue weighted by Crippen LogP contribution is 2.21. The molecule has 0 amide bonds. The van der Waals surface area contributed by atoms with E-state index < -0.39 is 0 Å². The Balaban J connectivity index is 2.79. The summed E-state index contributed by atoms with van der Waals surface area (Å²) in [7, 11) is 0. The zero-order chi connectivity index (χ0) is 10.6. The Bertz CT molecular complexity index is 301. The Morgan fingerprint density at radius 2 is 2.21 bits per heavy atom. The number of rotatable bonds is 4. The smallest absolute Gasteiger partial charge is 0.174 e. The van der Waals surface area contributed by atoms with Gasteiger partial charge in [-0.2, -0.15) is 0 Å². The molecule has 3 N–H and O–H groups in total. The van der Waals surface area contributed by atoms with Gasteiger partial charge in [0.2, 0.25) is 0 Å². The predicted molar refractivity (Wildman–Crippen MR) is 58.8 cm³/mol. The molecule has 0 fully saturated rings. The molecule has 1 aromatic heterocycles. The first kappa shape index (κ1) is 11.5. The minimum absolute atomic E-state index is 0.174. The maximum Gasteiger partial charge on any atom is 0.174 e. The summed E-state index contributed by atoms with van der Waals surface area (Å²) in [5, 5.41) is 11.1. The van der Waals surface area contributed by atoms with E-state index in [2.05, 4.69) is 15.5 Å². The van der Waals surface area contributed by atoms with Crippen molar-refractivity contribution in [1.82, 2.24) is 10.2 Å². The first-order chi connectivity index (χ1) is 6.67. The summed E-state index contributed by atoms with van der Waals surface area (Å²) in [6.45, 7) is 2.57. The van der Waals surface area contributed by atoms with Gasteiger partial charge in [0.25, 0.3) is 0 Å². The van der Waals surface area contributed by atoms with Crippen LogP contribution in [0.3, 0.4) is 0 Å². The van der Waals surface area contributed by atoms with Gasteiger partial charge in [-0.3, -0.25) is 0 Å². The maximum atomic E-state index is 5.82. The lowest BCUT2D eigenvalue weighted by Crippen LogP contribution is -2.28. The molecule has 1 unspecified atom stereocenters. The van der Waals surface area contributed by atoms with Crippen LogP contribution in [0.5, 0.6) is 0 Å². The molecule has 0 radical (unpaired) electrons. The minimum atomic E-state index is 0.174. The third-order valence-corrected chi connectivity index (χ3v) is 2.32. The van der Waals surface area contributed by atoms with Crippen LogP contribution in [0.1, 0.15) is 13.3 Å². The average Bonchev–Trinajstić information content (AvgIpc) is 2.19. The van der Waals surface area contributed by atoms with E-state index in [1.807, 2.05) is 6.92 Å². The van der Waals surface area contributed by atoms with Crippen LogP contribution in [0.2, 0.25) is 10.3 Å². The molecule has 1 heterocycles. The third kappa shape index (κ3) is 2.97. The Morgan fingerprint density at radius 3 is 2.79 bits per heavy atom. The molecule has 1 aromatic rings. The Labute approximate surface area is 92.8 Å². The zero-order valence-electron chi connectivity index (χ0n) is 7.80. The molecular weight excluding hydrogens is 223 g/mol. The number of hydrogen-bond donors (Lipinski definition) is 2. The van der Waals surface area contributed by atoms with Crippen molar-refractivity contribution in [3.8, 4) is 0 Å². The van der Waals surface area contributed by atoms with Crippen molar-refractivity contribution in [1.29, 1.82) is 0 Å². The van der Waals surface area contributed by atoms with Gasteiger partial charge in [0.15, 0.2) is 10.3 Å². The summed E-state index contributed by atoms with van der Waals surface area (Å²) in [6.07, 6.45) is 0.909. The van der Waals surface area contributed by atoms with E-state index in [0.717, 1.165) is 6.42 Å². The highest BCUT2D eigenvalue weighted by molar-refractivity contribution is 6.33. The predicted octanol–water partition coefficient (Wildman–Crippen LogP) is 1.93. The van der Waals surface area contributed by atoms with E-state index in [9.17, 15) is 0 Å². The van der Waals surface area contributed by atoms with E-state index in [-0.39, 0.29) is 6.04 Å². The molecule has 4 nitrogen and oxygen atoms in total. The largest absolute Gasteiger partial charge is 0.378 e. The normalized spacial score (nSPS) is 12.6. The number of nitrogens with zero attached hydrogens (tertiary/aromatic N) is 2. The Morgan fingerprint density at radius 1 is 1.50 bits per heavy atom. The van der Waals surface area contributed by atoms with Gasteiger partial charge in [-0.1, -0.05) is 30.1 Å². The van der Waals surface area contributed by atoms with Crippen LogP contribution in [0.25, 0.3) is 0 Å². The minimum Gasteiger partial charge on any atom is -0.378 e. The molecule has 0 bridgehead atoms. The van der Waals surface area contributed by atoms with Gasteiger partial charge < -0.3 is 11.1 Å². The quantitative estimate of drug-likeness (QED) is 0.836. The molecule has 1 atom stereocenters. The fourth-order valence-electron chi connectivity index (χ4n) is 1.00. The number of aromatic nitrogens is 2. The molecule has 0 saturated heterocycles. The fraction of sp³-hybridized carbons (Fsp3) is 0.500. The molecule has 0 aliphatic rings. The summed E-state index contributed by atoms with van der Waals surface area (Å²) in [6, 6.07) is 1.81. The second kappa shape index (κ2) is 5.34. The van der Waals surface area contributed by atoms with Crippen LogP contribution in [-0.2, 0) is 0 Å². The zero-order valence-corrected chi connectivity index (χ0v) is 9.31. The summed E-state index contributed by atoms with van der Waals surface area (Å²) in [4.78, 5) is 0. The van der Waals surface area contributed by atoms with Crippen molar-refractivity contribution < 1.29 is 0 Å². The van der Waals surface area contributed by atoms with Gasteiger partial charge in [0, 0.05) is 18.7 Å². The first-order valence-electron chi connectivity index (χ1n) is 4.32. The summed E-state index contributed by atoms with van der Waals surface area (Å²) in [5.41, 5.74) is 6.21. The van der Waals surface area contributed by atoms with Gasteiger partial charge in [-0.25, -0.2) is 0 Å². The average molecular weight is 235 g/mol. The van der Waals surface area contributed by atoms with Gasteiger partial charge in [0.1, 0.15) is 0 Å². The number of nitrogens with two attached hydrogens (primary N) is 1. The molecule has 0 aliphatic carbocycles. The first-order valence-corrected chi connectivity index (χ1v) is 5.08. The van der Waals surface area contributed by atoms with Crippen molar-refractivity contribution in [3.63, 3.8) is 0 Å². The van der Waals surface area contributed by atoms with Crippen molar-refractivity contribution >= 4 is 28.9 Å². The van der Waals surface area contributed by atoms with Crippen molar-refractivity contribution in [2.75, 3.05) is 11.9 Å². The van der Waals surface area contributed by atoms with Crippen LogP contribution in [0, 0.1) is 0 Å². The van der Waals surface area contributed by atoms with Gasteiger partial charge >= 0.3 is 0 Å². The third-order valence-electron chi connectivity index (χ3n) is 1.86. The monoisotopic (exact) mass is 234 g/mol. The molecular formula is C8H12Cl2N4. The lowest BCUT2D eigenvalue weighted by molar-refractivity contribution is 0.702. The van der Waals surface area contributed by atoms with Crippen LogP contribution >= 0.6 is 23.2 Å². The molecule has 6 heteroatoms. The number of nitrogens with one attached hydrogen (secondary N) is 1. The molecule has 1 rings (SSSR count). The van der Waals surface area contributed by atoms with E-state index >= 15 is 0 Å². The van der Waals surface area contributed by atoms with Crippen molar-refractivity contribution in [3.05, 3.63) is 16.4 Å². The van der Waals surface area contributed by atoms with E-state index in [4.69, 9.17) is 28.9 Å². The Hall–Kier alpha value is -0.580. The van der Waals surface area contributed by atoms with Crippen LogP contribution in [0.15, 0.2) is 6.07 Å². The van der Waals surface area contributed by atoms with Gasteiger partial charge in [0.05, 0.1) is 5.69 Å². The summed E-state index contributed by atoms with van der Waals surface area (Å²) < 4.78 is 0. The highest BCUT2D eigenvalue weighted by atomic mass is 35.5. The number of hydrogen-bond acceptors (Lipinski definition) is 4. The topological polar surface area (TPSA) is 63.8 Å². The SMILES string of the molecule is CCC(CN)Nc1cc(Cl)nnc1Cl. The van der Waals surface area contributed by atoms with Crippen LogP contribution in [0.4, 0.5) is 5.69 Å². The van der Waals surface area contributed by atoms with Crippen LogP contribution in [-0.4, -0.2) is 22.8 Å². The summed E-state index contributed by atoms with van der Waals surface area (Å²) in [5.74, 6) is 0. The van der Waals surface area contributed by atoms with Crippen molar-refractivity contribution in [2.24, 2.45) is 5.73 Å². The molecule has 0 aromatic carbocycles. The van der Waals surface area contributed by atoms with E-state index in [0.29, 0.717) is 22.5 Å². The van der Waals surface area contributed by atoms with E-state index in [1.165, 1.54) is 0 Å². The second-order valence-corrected chi connectivity index (χ2v) is 3.60. The second-order valence-electron chi connectivity index (χ2n) is 2.86. The maximum absolute atomic E-state index is 5.82. The molecule has 14 heavy (non-hydrogen) atoms. The van der Waals surface area contributed by atoms with Gasteiger partial charge in [-0.15, -0.1) is 10.2 Å². The molecule has 78 valence electrons. The molecule has 0 aliphatic heterocycles. The lowest BCUT2D eigenvalue weighted by Gasteiger charge is -2.16. The molecule has 0 saturated carbocycles.